The first-order valence-corrected chi connectivity index (χ1v) is 4.38. The quantitative estimate of drug-likeness (QED) is 0.536. The number of ether oxygens (including phenoxy) is 1. The van der Waals surface area contributed by atoms with Crippen molar-refractivity contribution in [1.29, 1.82) is 0 Å². The number of carbonyl (C=O) groups excluding carboxylic acids is 2. The molecule has 0 aliphatic heterocycles. The van der Waals surface area contributed by atoms with E-state index in [4.69, 9.17) is 4.74 Å². The van der Waals surface area contributed by atoms with Crippen molar-refractivity contribution in [2.75, 3.05) is 0 Å². The largest absolute Gasteiger partial charge is 0.461 e. The monoisotopic (exact) mass is 192 g/mol. The van der Waals surface area contributed by atoms with Crippen LogP contribution in [0.5, 0.6) is 0 Å². The maximum atomic E-state index is 10.6. The van der Waals surface area contributed by atoms with Crippen LogP contribution in [0.4, 0.5) is 0 Å². The fourth-order valence-electron chi connectivity index (χ4n) is 1.17. The topological polar surface area (TPSA) is 43.4 Å². The van der Waals surface area contributed by atoms with Gasteiger partial charge in [-0.3, -0.25) is 4.79 Å². The van der Waals surface area contributed by atoms with E-state index in [0.29, 0.717) is 6.42 Å². The average Bonchev–Trinajstić information content (AvgIpc) is 2.17. The maximum Gasteiger partial charge on any atom is 0.302 e. The number of esters is 1. The van der Waals surface area contributed by atoms with Gasteiger partial charge >= 0.3 is 5.97 Å². The Kier molecular flexibility index (Phi) is 3.85. The molecule has 1 aromatic carbocycles. The van der Waals surface area contributed by atoms with Gasteiger partial charge in [-0.15, -0.1) is 0 Å². The highest BCUT2D eigenvalue weighted by Crippen LogP contribution is 2.10. The molecular formula is C11H12O3. The van der Waals surface area contributed by atoms with Crippen LogP contribution in [0.3, 0.4) is 0 Å². The number of carbonyl (C=O) groups is 2. The fraction of sp³-hybridized carbons (Fsp3) is 0.273. The van der Waals surface area contributed by atoms with Crippen molar-refractivity contribution in [3.63, 3.8) is 0 Å². The molecule has 0 saturated heterocycles. The Morgan fingerprint density at radius 1 is 1.36 bits per heavy atom. The first kappa shape index (κ1) is 10.4. The molecule has 0 radical (unpaired) electrons. The minimum Gasteiger partial charge on any atom is -0.461 e. The summed E-state index contributed by atoms with van der Waals surface area (Å²) in [5.41, 5.74) is 1.79. The van der Waals surface area contributed by atoms with Crippen LogP contribution >= 0.6 is 0 Å². The van der Waals surface area contributed by atoms with Gasteiger partial charge in [0.1, 0.15) is 12.9 Å². The highest BCUT2D eigenvalue weighted by atomic mass is 16.5. The highest BCUT2D eigenvalue weighted by Gasteiger charge is 2.02. The predicted octanol–water partition coefficient (Wildman–Crippen LogP) is 1.49. The normalized spacial score (nSPS) is 9.50. The van der Waals surface area contributed by atoms with Crippen molar-refractivity contribution >= 4 is 12.3 Å². The van der Waals surface area contributed by atoms with E-state index in [2.05, 4.69) is 0 Å². The molecule has 74 valence electrons. The van der Waals surface area contributed by atoms with Gasteiger partial charge < -0.3 is 9.53 Å². The molecule has 0 aliphatic rings. The van der Waals surface area contributed by atoms with Gasteiger partial charge in [-0.2, -0.15) is 0 Å². The van der Waals surface area contributed by atoms with Crippen LogP contribution in [0.2, 0.25) is 0 Å². The third-order valence-electron chi connectivity index (χ3n) is 1.85. The van der Waals surface area contributed by atoms with Gasteiger partial charge in [-0.05, 0) is 11.1 Å². The Balaban J connectivity index is 2.73. The van der Waals surface area contributed by atoms with Gasteiger partial charge in [0.2, 0.25) is 0 Å². The van der Waals surface area contributed by atoms with Crippen LogP contribution in [0.25, 0.3) is 0 Å². The summed E-state index contributed by atoms with van der Waals surface area (Å²) in [6, 6.07) is 7.41. The molecule has 0 aliphatic carbocycles. The maximum absolute atomic E-state index is 10.6. The molecule has 0 saturated carbocycles. The molecule has 14 heavy (non-hydrogen) atoms. The zero-order chi connectivity index (χ0) is 10.4. The lowest BCUT2D eigenvalue weighted by molar-refractivity contribution is -0.142. The summed E-state index contributed by atoms with van der Waals surface area (Å²) in [6.45, 7) is 1.60. The number of aldehydes is 1. The number of hydrogen-bond acceptors (Lipinski definition) is 3. The Bertz CT molecular complexity index is 331. The summed E-state index contributed by atoms with van der Waals surface area (Å²) < 4.78 is 4.86. The van der Waals surface area contributed by atoms with E-state index < -0.39 is 0 Å². The molecule has 0 amide bonds. The second kappa shape index (κ2) is 5.17. The van der Waals surface area contributed by atoms with E-state index >= 15 is 0 Å². The minimum atomic E-state index is -0.314. The first-order chi connectivity index (χ1) is 6.74. The lowest BCUT2D eigenvalue weighted by atomic mass is 10.1. The van der Waals surface area contributed by atoms with Crippen molar-refractivity contribution in [3.05, 3.63) is 35.4 Å². The van der Waals surface area contributed by atoms with E-state index in [9.17, 15) is 9.59 Å². The SMILES string of the molecule is CC(=O)OCc1ccccc1CC=O. The van der Waals surface area contributed by atoms with Crippen LogP contribution < -0.4 is 0 Å². The molecule has 0 aromatic heterocycles. The Hall–Kier alpha value is -1.64. The molecule has 0 fully saturated rings. The Labute approximate surface area is 82.7 Å². The predicted molar refractivity (Wildman–Crippen MR) is 51.7 cm³/mol. The van der Waals surface area contributed by atoms with E-state index in [0.717, 1.165) is 17.4 Å². The molecule has 0 bridgehead atoms. The lowest BCUT2D eigenvalue weighted by Gasteiger charge is -2.06. The number of benzene rings is 1. The molecule has 1 aromatic rings. The summed E-state index contributed by atoms with van der Waals surface area (Å²) in [7, 11) is 0. The van der Waals surface area contributed by atoms with Gasteiger partial charge in [-0.1, -0.05) is 24.3 Å². The van der Waals surface area contributed by atoms with Crippen LogP contribution in [0.1, 0.15) is 18.1 Å². The standard InChI is InChI=1S/C11H12O3/c1-9(13)14-8-11-5-3-2-4-10(11)6-7-12/h2-5,7H,6,8H2,1H3. The number of rotatable bonds is 4. The molecule has 3 nitrogen and oxygen atoms in total. The first-order valence-electron chi connectivity index (χ1n) is 4.38. The Morgan fingerprint density at radius 2 is 2.00 bits per heavy atom. The molecule has 0 spiro atoms. The summed E-state index contributed by atoms with van der Waals surface area (Å²) in [6.07, 6.45) is 1.20. The van der Waals surface area contributed by atoms with E-state index in [1.54, 1.807) is 0 Å². The molecule has 1 rings (SSSR count). The van der Waals surface area contributed by atoms with Gasteiger partial charge in [0.15, 0.2) is 0 Å². The summed E-state index contributed by atoms with van der Waals surface area (Å²) in [5.74, 6) is -0.314. The minimum absolute atomic E-state index is 0.235. The van der Waals surface area contributed by atoms with Crippen LogP contribution in [-0.4, -0.2) is 12.3 Å². The Morgan fingerprint density at radius 3 is 2.57 bits per heavy atom. The molecule has 0 unspecified atom stereocenters. The number of hydrogen-bond donors (Lipinski definition) is 0. The van der Waals surface area contributed by atoms with Crippen LogP contribution in [-0.2, 0) is 27.4 Å². The molecule has 3 heteroatoms. The third kappa shape index (κ3) is 3.01. The van der Waals surface area contributed by atoms with Crippen LogP contribution in [0.15, 0.2) is 24.3 Å². The van der Waals surface area contributed by atoms with Crippen molar-refractivity contribution in [2.24, 2.45) is 0 Å². The second-order valence-corrected chi connectivity index (χ2v) is 2.92. The summed E-state index contributed by atoms with van der Waals surface area (Å²) in [5, 5.41) is 0. The smallest absolute Gasteiger partial charge is 0.302 e. The van der Waals surface area contributed by atoms with Crippen LogP contribution in [0, 0.1) is 0 Å². The zero-order valence-electron chi connectivity index (χ0n) is 8.03. The average molecular weight is 192 g/mol. The fourth-order valence-corrected chi connectivity index (χ4v) is 1.17. The summed E-state index contributed by atoms with van der Waals surface area (Å²) in [4.78, 5) is 21.0. The van der Waals surface area contributed by atoms with E-state index in [1.807, 2.05) is 24.3 Å². The molecule has 0 heterocycles. The van der Waals surface area contributed by atoms with Gasteiger partial charge in [0.05, 0.1) is 0 Å². The molecular weight excluding hydrogens is 180 g/mol. The summed E-state index contributed by atoms with van der Waals surface area (Å²) >= 11 is 0. The van der Waals surface area contributed by atoms with Gasteiger partial charge in [0.25, 0.3) is 0 Å². The molecule has 0 atom stereocenters. The van der Waals surface area contributed by atoms with Crippen molar-refractivity contribution < 1.29 is 14.3 Å². The van der Waals surface area contributed by atoms with E-state index in [-0.39, 0.29) is 12.6 Å². The van der Waals surface area contributed by atoms with Crippen molar-refractivity contribution in [3.8, 4) is 0 Å². The van der Waals surface area contributed by atoms with Gasteiger partial charge in [0, 0.05) is 13.3 Å². The van der Waals surface area contributed by atoms with Gasteiger partial charge in [-0.25, -0.2) is 0 Å². The van der Waals surface area contributed by atoms with E-state index in [1.165, 1.54) is 6.92 Å². The van der Waals surface area contributed by atoms with Crippen molar-refractivity contribution in [1.82, 2.24) is 0 Å². The lowest BCUT2D eigenvalue weighted by Crippen LogP contribution is -2.02. The zero-order valence-corrected chi connectivity index (χ0v) is 8.03. The molecule has 0 N–H and O–H groups in total. The second-order valence-electron chi connectivity index (χ2n) is 2.92. The third-order valence-corrected chi connectivity index (χ3v) is 1.85. The highest BCUT2D eigenvalue weighted by molar-refractivity contribution is 5.66. The van der Waals surface area contributed by atoms with Crippen molar-refractivity contribution in [2.45, 2.75) is 20.0 Å².